The summed E-state index contributed by atoms with van der Waals surface area (Å²) < 4.78 is 5.43. The van der Waals surface area contributed by atoms with Crippen molar-refractivity contribution in [2.75, 3.05) is 7.11 Å². The van der Waals surface area contributed by atoms with Crippen molar-refractivity contribution in [2.24, 2.45) is 5.73 Å². The first-order chi connectivity index (χ1) is 8.10. The summed E-state index contributed by atoms with van der Waals surface area (Å²) in [5, 5.41) is 0.860. The lowest BCUT2D eigenvalue weighted by atomic mass is 10.0. The topological polar surface area (TPSA) is 35.2 Å². The lowest BCUT2D eigenvalue weighted by Gasteiger charge is -2.26. The zero-order valence-corrected chi connectivity index (χ0v) is 12.0. The summed E-state index contributed by atoms with van der Waals surface area (Å²) in [5.41, 5.74) is 7.46. The Morgan fingerprint density at radius 2 is 1.94 bits per heavy atom. The number of hydrogen-bond acceptors (Lipinski definition) is 3. The van der Waals surface area contributed by atoms with Gasteiger partial charge in [-0.15, -0.1) is 11.8 Å². The maximum Gasteiger partial charge on any atom is 0.123 e. The van der Waals surface area contributed by atoms with Crippen molar-refractivity contribution in [2.45, 2.75) is 43.7 Å². The molecule has 0 fully saturated rings. The van der Waals surface area contributed by atoms with Gasteiger partial charge < -0.3 is 10.5 Å². The highest BCUT2D eigenvalue weighted by atomic mass is 32.2. The quantitative estimate of drug-likeness (QED) is 0.841. The van der Waals surface area contributed by atoms with Gasteiger partial charge in [-0.1, -0.05) is 39.0 Å². The maximum atomic E-state index is 6.24. The van der Waals surface area contributed by atoms with Crippen LogP contribution < -0.4 is 10.5 Å². The third-order valence-corrected chi connectivity index (χ3v) is 4.17. The smallest absolute Gasteiger partial charge is 0.123 e. The highest BCUT2D eigenvalue weighted by molar-refractivity contribution is 8.00. The van der Waals surface area contributed by atoms with Gasteiger partial charge >= 0.3 is 0 Å². The van der Waals surface area contributed by atoms with Crippen molar-refractivity contribution in [3.63, 3.8) is 0 Å². The highest BCUT2D eigenvalue weighted by Crippen LogP contribution is 2.39. The van der Waals surface area contributed by atoms with Crippen LogP contribution in [0.3, 0.4) is 0 Å². The first-order valence-electron chi connectivity index (χ1n) is 6.14. The zero-order valence-electron chi connectivity index (χ0n) is 11.1. The van der Waals surface area contributed by atoms with Crippen LogP contribution in [0.2, 0.25) is 0 Å². The Morgan fingerprint density at radius 1 is 1.29 bits per heavy atom. The standard InChI is InChI=1S/C14H23NOS/c1-5-12(15)14(17-10(2)3)11-8-6-7-9-13(11)16-4/h6-10,12,14H,5,15H2,1-4H3. The predicted molar refractivity (Wildman–Crippen MR) is 76.7 cm³/mol. The van der Waals surface area contributed by atoms with Crippen LogP contribution in [0.4, 0.5) is 0 Å². The molecule has 1 aromatic carbocycles. The van der Waals surface area contributed by atoms with E-state index in [9.17, 15) is 0 Å². The molecule has 0 aliphatic heterocycles. The van der Waals surface area contributed by atoms with E-state index in [4.69, 9.17) is 10.5 Å². The molecule has 17 heavy (non-hydrogen) atoms. The molecular formula is C14H23NOS. The van der Waals surface area contributed by atoms with Gasteiger partial charge in [0.1, 0.15) is 5.75 Å². The van der Waals surface area contributed by atoms with Gasteiger partial charge in [0.2, 0.25) is 0 Å². The largest absolute Gasteiger partial charge is 0.496 e. The van der Waals surface area contributed by atoms with Crippen LogP contribution in [0, 0.1) is 0 Å². The van der Waals surface area contributed by atoms with Crippen LogP contribution in [0.5, 0.6) is 5.75 Å². The highest BCUT2D eigenvalue weighted by Gasteiger charge is 2.23. The molecule has 0 radical (unpaired) electrons. The Bertz CT molecular complexity index is 341. The third kappa shape index (κ3) is 3.93. The van der Waals surface area contributed by atoms with Crippen molar-refractivity contribution in [3.05, 3.63) is 29.8 Å². The molecule has 2 nitrogen and oxygen atoms in total. The lowest BCUT2D eigenvalue weighted by molar-refractivity contribution is 0.407. The van der Waals surface area contributed by atoms with Gasteiger partial charge in [0.15, 0.2) is 0 Å². The minimum Gasteiger partial charge on any atom is -0.496 e. The number of benzene rings is 1. The van der Waals surface area contributed by atoms with Gasteiger partial charge in [-0.05, 0) is 17.7 Å². The molecule has 0 aromatic heterocycles. The second-order valence-electron chi connectivity index (χ2n) is 4.42. The molecule has 0 saturated heterocycles. The van der Waals surface area contributed by atoms with E-state index in [1.54, 1.807) is 7.11 Å². The number of rotatable bonds is 6. The van der Waals surface area contributed by atoms with E-state index < -0.39 is 0 Å². The van der Waals surface area contributed by atoms with Gasteiger partial charge in [0.25, 0.3) is 0 Å². The van der Waals surface area contributed by atoms with Crippen molar-refractivity contribution < 1.29 is 4.74 Å². The Labute approximate surface area is 109 Å². The minimum atomic E-state index is 0.165. The van der Waals surface area contributed by atoms with E-state index in [2.05, 4.69) is 26.8 Å². The van der Waals surface area contributed by atoms with Gasteiger partial charge in [-0.3, -0.25) is 0 Å². The predicted octanol–water partition coefficient (Wildman–Crippen LogP) is 3.62. The van der Waals surface area contributed by atoms with Gasteiger partial charge in [0.05, 0.1) is 7.11 Å². The first-order valence-corrected chi connectivity index (χ1v) is 7.08. The number of thioether (sulfide) groups is 1. The van der Waals surface area contributed by atoms with Crippen LogP contribution >= 0.6 is 11.8 Å². The molecule has 0 saturated carbocycles. The molecule has 2 atom stereocenters. The summed E-state index contributed by atoms with van der Waals surface area (Å²) in [4.78, 5) is 0. The number of para-hydroxylation sites is 1. The van der Waals surface area contributed by atoms with Crippen molar-refractivity contribution in [3.8, 4) is 5.75 Å². The van der Waals surface area contributed by atoms with Crippen LogP contribution in [0.15, 0.2) is 24.3 Å². The van der Waals surface area contributed by atoms with E-state index >= 15 is 0 Å². The molecule has 1 rings (SSSR count). The van der Waals surface area contributed by atoms with E-state index in [1.165, 1.54) is 5.56 Å². The van der Waals surface area contributed by atoms with Gasteiger partial charge in [0, 0.05) is 16.9 Å². The van der Waals surface area contributed by atoms with Gasteiger partial charge in [-0.2, -0.15) is 0 Å². The summed E-state index contributed by atoms with van der Waals surface area (Å²) in [6.45, 7) is 6.54. The Kier molecular flexibility index (Phi) is 5.86. The molecule has 0 aliphatic carbocycles. The maximum absolute atomic E-state index is 6.24. The zero-order chi connectivity index (χ0) is 12.8. The van der Waals surface area contributed by atoms with Crippen LogP contribution in [0.1, 0.15) is 38.0 Å². The number of methoxy groups -OCH3 is 1. The van der Waals surface area contributed by atoms with E-state index in [0.717, 1.165) is 12.2 Å². The fourth-order valence-electron chi connectivity index (χ4n) is 1.81. The second-order valence-corrected chi connectivity index (χ2v) is 6.14. The summed E-state index contributed by atoms with van der Waals surface area (Å²) in [6, 6.07) is 8.34. The number of nitrogens with two attached hydrogens (primary N) is 1. The molecule has 1 aromatic rings. The molecule has 2 N–H and O–H groups in total. The fourth-order valence-corrected chi connectivity index (χ4v) is 3.14. The summed E-state index contributed by atoms with van der Waals surface area (Å²) in [6.07, 6.45) is 0.975. The van der Waals surface area contributed by atoms with Crippen LogP contribution in [-0.2, 0) is 0 Å². The molecular weight excluding hydrogens is 230 g/mol. The van der Waals surface area contributed by atoms with Crippen molar-refractivity contribution >= 4 is 11.8 Å². The number of hydrogen-bond donors (Lipinski definition) is 1. The van der Waals surface area contributed by atoms with Gasteiger partial charge in [-0.25, -0.2) is 0 Å². The average Bonchev–Trinajstić information content (AvgIpc) is 2.34. The Balaban J connectivity index is 3.03. The molecule has 0 aliphatic rings. The van der Waals surface area contributed by atoms with Crippen molar-refractivity contribution in [1.29, 1.82) is 0 Å². The summed E-state index contributed by atoms with van der Waals surface area (Å²) in [5.74, 6) is 0.939. The molecule has 0 spiro atoms. The normalized spacial score (nSPS) is 14.7. The molecule has 96 valence electrons. The number of ether oxygens (including phenoxy) is 1. The molecule has 3 heteroatoms. The van der Waals surface area contributed by atoms with Crippen LogP contribution in [-0.4, -0.2) is 18.4 Å². The molecule has 0 heterocycles. The molecule has 0 amide bonds. The summed E-state index contributed by atoms with van der Waals surface area (Å²) >= 11 is 1.91. The fraction of sp³-hybridized carbons (Fsp3) is 0.571. The monoisotopic (exact) mass is 253 g/mol. The van der Waals surface area contributed by atoms with Crippen molar-refractivity contribution in [1.82, 2.24) is 0 Å². The summed E-state index contributed by atoms with van der Waals surface area (Å²) in [7, 11) is 1.72. The molecule has 2 unspecified atom stereocenters. The van der Waals surface area contributed by atoms with E-state index in [-0.39, 0.29) is 6.04 Å². The van der Waals surface area contributed by atoms with Crippen LogP contribution in [0.25, 0.3) is 0 Å². The third-order valence-electron chi connectivity index (χ3n) is 2.72. The second kappa shape index (κ2) is 6.92. The first kappa shape index (κ1) is 14.4. The minimum absolute atomic E-state index is 0.165. The van der Waals surface area contributed by atoms with E-state index in [1.807, 2.05) is 30.0 Å². The lowest BCUT2D eigenvalue weighted by Crippen LogP contribution is -2.27. The Hall–Kier alpha value is -0.670. The average molecular weight is 253 g/mol. The molecule has 0 bridgehead atoms. The Morgan fingerprint density at radius 3 is 2.47 bits per heavy atom. The SMILES string of the molecule is CCC(N)C(SC(C)C)c1ccccc1OC. The van der Waals surface area contributed by atoms with E-state index in [0.29, 0.717) is 10.5 Å².